The zero-order valence-electron chi connectivity index (χ0n) is 16.7. The molecule has 4 aromatic rings. The van der Waals surface area contributed by atoms with Crippen molar-refractivity contribution in [2.75, 3.05) is 0 Å². The summed E-state index contributed by atoms with van der Waals surface area (Å²) in [5, 5.41) is 11.1. The summed E-state index contributed by atoms with van der Waals surface area (Å²) in [4.78, 5) is 25.3. The number of nitro benzene ring substituents is 1. The number of nitrogens with zero attached hydrogens (tertiary/aromatic N) is 4. The van der Waals surface area contributed by atoms with Gasteiger partial charge in [0.05, 0.1) is 27.7 Å². The molecule has 2 aliphatic carbocycles. The molecule has 0 saturated heterocycles. The second-order valence-corrected chi connectivity index (χ2v) is 7.97. The zero-order valence-corrected chi connectivity index (χ0v) is 16.7. The van der Waals surface area contributed by atoms with Crippen LogP contribution in [0.2, 0.25) is 0 Å². The summed E-state index contributed by atoms with van der Waals surface area (Å²) in [5.41, 5.74) is 10.7. The second-order valence-electron chi connectivity index (χ2n) is 7.97. The van der Waals surface area contributed by atoms with Crippen molar-refractivity contribution in [3.63, 3.8) is 0 Å². The van der Waals surface area contributed by atoms with Crippen molar-refractivity contribution in [3.8, 4) is 33.9 Å². The molecular formula is C25H18N4O2. The number of fused-ring (bicyclic) bond motifs is 7. The lowest BCUT2D eigenvalue weighted by Gasteiger charge is -2.28. The number of hydrogen-bond acceptors (Lipinski definition) is 5. The number of aromatic nitrogens is 3. The number of hydrogen-bond donors (Lipinski definition) is 0. The van der Waals surface area contributed by atoms with Crippen LogP contribution in [0, 0.1) is 10.1 Å². The minimum absolute atomic E-state index is 0.0783. The Bertz CT molecular complexity index is 1360. The number of non-ortho nitro benzene ring substituents is 1. The Kier molecular flexibility index (Phi) is 3.93. The standard InChI is InChI=1S/C25H18N4O2/c30-29(31)18-9-5-17(6-10-18)22-19-11-7-15-3-1-13-26-23(15)21(19)20-12-8-16-4-2-14-27-24(16)25(20)28-22/h1-6,9-10,13-14H,7-8,11-12H2. The number of aryl methyl sites for hydroxylation is 2. The quantitative estimate of drug-likeness (QED) is 0.346. The highest BCUT2D eigenvalue weighted by Crippen LogP contribution is 2.45. The van der Waals surface area contributed by atoms with Crippen LogP contribution in [0.25, 0.3) is 33.9 Å². The van der Waals surface area contributed by atoms with Gasteiger partial charge >= 0.3 is 0 Å². The van der Waals surface area contributed by atoms with Gasteiger partial charge < -0.3 is 0 Å². The molecule has 1 aromatic carbocycles. The van der Waals surface area contributed by atoms with Crippen molar-refractivity contribution < 1.29 is 4.92 Å². The Morgan fingerprint density at radius 1 is 0.710 bits per heavy atom. The molecule has 0 fully saturated rings. The van der Waals surface area contributed by atoms with E-state index in [0.717, 1.165) is 54.0 Å². The van der Waals surface area contributed by atoms with Gasteiger partial charge in [-0.15, -0.1) is 0 Å². The molecule has 6 heteroatoms. The largest absolute Gasteiger partial charge is 0.269 e. The Morgan fingerprint density at radius 2 is 1.32 bits per heavy atom. The second kappa shape index (κ2) is 6.80. The Labute approximate surface area is 178 Å². The maximum Gasteiger partial charge on any atom is 0.269 e. The van der Waals surface area contributed by atoms with Crippen molar-refractivity contribution in [2.24, 2.45) is 0 Å². The van der Waals surface area contributed by atoms with Crippen LogP contribution in [0.5, 0.6) is 0 Å². The van der Waals surface area contributed by atoms with Crippen LogP contribution < -0.4 is 0 Å². The molecule has 150 valence electrons. The van der Waals surface area contributed by atoms with Crippen molar-refractivity contribution >= 4 is 5.69 Å². The van der Waals surface area contributed by atoms with Crippen LogP contribution in [-0.2, 0) is 25.7 Å². The van der Waals surface area contributed by atoms with Crippen LogP contribution in [-0.4, -0.2) is 19.9 Å². The molecule has 0 bridgehead atoms. The summed E-state index contributed by atoms with van der Waals surface area (Å²) in [5.74, 6) is 0. The first-order chi connectivity index (χ1) is 15.2. The fourth-order valence-corrected chi connectivity index (χ4v) is 4.85. The molecule has 3 heterocycles. The third-order valence-electron chi connectivity index (χ3n) is 6.28. The fraction of sp³-hybridized carbons (Fsp3) is 0.160. The lowest BCUT2D eigenvalue weighted by Crippen LogP contribution is -2.16. The minimum atomic E-state index is -0.375. The monoisotopic (exact) mass is 406 g/mol. The van der Waals surface area contributed by atoms with E-state index in [1.807, 2.05) is 24.5 Å². The predicted octanol–water partition coefficient (Wildman–Crippen LogP) is 4.98. The predicted molar refractivity (Wildman–Crippen MR) is 118 cm³/mol. The van der Waals surface area contributed by atoms with Gasteiger partial charge in [-0.1, -0.05) is 12.1 Å². The van der Waals surface area contributed by atoms with E-state index >= 15 is 0 Å². The van der Waals surface area contributed by atoms with E-state index in [9.17, 15) is 10.1 Å². The lowest BCUT2D eigenvalue weighted by molar-refractivity contribution is -0.384. The molecule has 31 heavy (non-hydrogen) atoms. The number of nitro groups is 1. The van der Waals surface area contributed by atoms with Gasteiger partial charge in [-0.25, -0.2) is 4.98 Å². The van der Waals surface area contributed by atoms with E-state index in [-0.39, 0.29) is 10.6 Å². The van der Waals surface area contributed by atoms with E-state index in [0.29, 0.717) is 0 Å². The first-order valence-corrected chi connectivity index (χ1v) is 10.4. The first kappa shape index (κ1) is 17.9. The van der Waals surface area contributed by atoms with E-state index in [4.69, 9.17) is 9.97 Å². The molecule has 3 aromatic heterocycles. The molecule has 0 spiro atoms. The molecule has 0 radical (unpaired) electrons. The smallest absolute Gasteiger partial charge is 0.258 e. The zero-order chi connectivity index (χ0) is 20.9. The summed E-state index contributed by atoms with van der Waals surface area (Å²) in [6.07, 6.45) is 7.28. The molecule has 0 amide bonds. The van der Waals surface area contributed by atoms with Gasteiger partial charge in [0.15, 0.2) is 0 Å². The van der Waals surface area contributed by atoms with E-state index < -0.39 is 0 Å². The maximum absolute atomic E-state index is 11.1. The van der Waals surface area contributed by atoms with E-state index in [1.54, 1.807) is 24.3 Å². The molecule has 0 N–H and O–H groups in total. The summed E-state index contributed by atoms with van der Waals surface area (Å²) >= 11 is 0. The highest BCUT2D eigenvalue weighted by atomic mass is 16.6. The van der Waals surface area contributed by atoms with Gasteiger partial charge in [0.1, 0.15) is 0 Å². The Morgan fingerprint density at radius 3 is 2.00 bits per heavy atom. The normalized spacial score (nSPS) is 13.5. The summed E-state index contributed by atoms with van der Waals surface area (Å²) in [7, 11) is 0. The topological polar surface area (TPSA) is 81.8 Å². The first-order valence-electron chi connectivity index (χ1n) is 10.4. The van der Waals surface area contributed by atoms with Crippen LogP contribution in [0.1, 0.15) is 22.3 Å². The van der Waals surface area contributed by atoms with Crippen molar-refractivity contribution in [1.29, 1.82) is 0 Å². The summed E-state index contributed by atoms with van der Waals surface area (Å²) < 4.78 is 0. The van der Waals surface area contributed by atoms with Crippen molar-refractivity contribution in [2.45, 2.75) is 25.7 Å². The Hall–Kier alpha value is -3.93. The molecular weight excluding hydrogens is 388 g/mol. The van der Waals surface area contributed by atoms with Crippen LogP contribution in [0.3, 0.4) is 0 Å². The van der Waals surface area contributed by atoms with Crippen LogP contribution in [0.4, 0.5) is 5.69 Å². The average Bonchev–Trinajstić information content (AvgIpc) is 2.83. The molecule has 2 aliphatic rings. The number of rotatable bonds is 2. The SMILES string of the molecule is O=[N+]([O-])c1ccc(-c2nc3c(c4c2CCc2cccnc2-4)CCc2cccnc2-3)cc1. The summed E-state index contributed by atoms with van der Waals surface area (Å²) in [6, 6.07) is 14.9. The van der Waals surface area contributed by atoms with E-state index in [1.165, 1.54) is 27.8 Å². The van der Waals surface area contributed by atoms with Crippen molar-refractivity contribution in [3.05, 3.63) is 93.3 Å². The van der Waals surface area contributed by atoms with Gasteiger partial charge in [-0.3, -0.25) is 20.1 Å². The number of benzene rings is 1. The van der Waals surface area contributed by atoms with Crippen molar-refractivity contribution in [1.82, 2.24) is 15.0 Å². The maximum atomic E-state index is 11.1. The molecule has 0 unspecified atom stereocenters. The highest BCUT2D eigenvalue weighted by molar-refractivity contribution is 5.86. The highest BCUT2D eigenvalue weighted by Gasteiger charge is 2.30. The van der Waals surface area contributed by atoms with Crippen LogP contribution >= 0.6 is 0 Å². The molecule has 6 nitrogen and oxygen atoms in total. The Balaban J connectivity index is 1.66. The van der Waals surface area contributed by atoms with Gasteiger partial charge in [-0.05, 0) is 72.2 Å². The van der Waals surface area contributed by atoms with Gasteiger partial charge in [0.2, 0.25) is 0 Å². The fourth-order valence-electron chi connectivity index (χ4n) is 4.85. The third kappa shape index (κ3) is 2.75. The summed E-state index contributed by atoms with van der Waals surface area (Å²) in [6.45, 7) is 0. The van der Waals surface area contributed by atoms with Crippen LogP contribution in [0.15, 0.2) is 60.9 Å². The average molecular weight is 406 g/mol. The molecule has 0 atom stereocenters. The lowest BCUT2D eigenvalue weighted by atomic mass is 9.79. The van der Waals surface area contributed by atoms with Gasteiger partial charge in [0, 0.05) is 35.7 Å². The molecule has 0 aliphatic heterocycles. The molecule has 6 rings (SSSR count). The minimum Gasteiger partial charge on any atom is -0.258 e. The van der Waals surface area contributed by atoms with E-state index in [2.05, 4.69) is 17.1 Å². The molecule has 0 saturated carbocycles. The van der Waals surface area contributed by atoms with Gasteiger partial charge in [0.25, 0.3) is 5.69 Å². The van der Waals surface area contributed by atoms with Gasteiger partial charge in [-0.2, -0.15) is 0 Å². The third-order valence-corrected chi connectivity index (χ3v) is 6.28. The number of pyridine rings is 3.